The van der Waals surface area contributed by atoms with E-state index in [1.54, 1.807) is 27.4 Å². The topological polar surface area (TPSA) is 0 Å². The van der Waals surface area contributed by atoms with E-state index >= 15 is 0 Å². The van der Waals surface area contributed by atoms with Gasteiger partial charge in [-0.25, -0.2) is 6.08 Å². The maximum atomic E-state index is 3.26. The molecule has 3 aliphatic carbocycles. The first kappa shape index (κ1) is 47.8. The van der Waals surface area contributed by atoms with Gasteiger partial charge in [-0.15, -0.1) is 39.7 Å². The molecule has 0 spiro atoms. The van der Waals surface area contributed by atoms with Gasteiger partial charge < -0.3 is 24.8 Å². The van der Waals surface area contributed by atoms with E-state index in [0.29, 0.717) is 11.3 Å². The summed E-state index contributed by atoms with van der Waals surface area (Å²) in [5, 5.41) is 5.58. The van der Waals surface area contributed by atoms with Crippen LogP contribution in [0.15, 0.2) is 60.2 Å². The van der Waals surface area contributed by atoms with E-state index in [1.807, 2.05) is 0 Å². The molecule has 3 aliphatic rings. The molecule has 0 saturated heterocycles. The summed E-state index contributed by atoms with van der Waals surface area (Å²) in [6.45, 7) is 36.9. The number of halogens is 2. The molecule has 0 aliphatic heterocycles. The van der Waals surface area contributed by atoms with Gasteiger partial charge in [-0.3, -0.25) is 6.08 Å². The van der Waals surface area contributed by atoms with Crippen LogP contribution in [0.5, 0.6) is 0 Å². The van der Waals surface area contributed by atoms with E-state index < -0.39 is 0 Å². The SMILES string of the molecule is CC(C)(C)C1=CC(C)(C)c2cc3[cH-]c4cc5c(cc4c3cc21)C(C(C)(C)C)=CC5(C)C.CC1[C-]=CC(C(C)(C)C)=C1.CCCC[C](=[Zr+2])CCCC.[Cl-].[Cl-]. The fraction of sp³-hybridized carbons (Fsp3) is 0.560. The van der Waals surface area contributed by atoms with Crippen LogP contribution < -0.4 is 24.8 Å². The zero-order valence-corrected chi connectivity index (χ0v) is 40.2. The van der Waals surface area contributed by atoms with Crippen LogP contribution in [0.4, 0.5) is 0 Å². The van der Waals surface area contributed by atoms with Crippen LogP contribution in [0, 0.1) is 28.2 Å². The summed E-state index contributed by atoms with van der Waals surface area (Å²) in [4.78, 5) is 0. The van der Waals surface area contributed by atoms with Crippen molar-refractivity contribution in [3.05, 3.63) is 88.5 Å². The minimum Gasteiger partial charge on any atom is -1.00 e. The summed E-state index contributed by atoms with van der Waals surface area (Å²) in [6, 6.07) is 12.3. The summed E-state index contributed by atoms with van der Waals surface area (Å²) in [5.74, 6) is 0.522. The summed E-state index contributed by atoms with van der Waals surface area (Å²) >= 11 is 1.67. The molecular weight excluding hydrogens is 763 g/mol. The van der Waals surface area contributed by atoms with Crippen LogP contribution in [-0.2, 0) is 35.1 Å². The average Bonchev–Trinajstić information content (AvgIpc) is 3.74. The second-order valence-corrected chi connectivity index (χ2v) is 21.7. The van der Waals surface area contributed by atoms with Crippen molar-refractivity contribution in [3.63, 3.8) is 0 Å². The predicted octanol–water partition coefficient (Wildman–Crippen LogP) is 9.22. The summed E-state index contributed by atoms with van der Waals surface area (Å²) in [7, 11) is 0. The van der Waals surface area contributed by atoms with Crippen LogP contribution in [0.25, 0.3) is 32.7 Å². The van der Waals surface area contributed by atoms with Crippen LogP contribution in [0.2, 0.25) is 0 Å². The molecule has 0 N–H and O–H groups in total. The number of unbranched alkanes of at least 4 members (excludes halogenated alkanes) is 2. The molecular formula is C50H70Cl2Zr-2. The number of rotatable bonds is 6. The van der Waals surface area contributed by atoms with Crippen molar-refractivity contribution in [2.45, 2.75) is 160 Å². The molecule has 3 heteroatoms. The first-order valence-electron chi connectivity index (χ1n) is 20.0. The van der Waals surface area contributed by atoms with Crippen molar-refractivity contribution in [3.8, 4) is 0 Å². The number of hydrogen-bond donors (Lipinski definition) is 0. The van der Waals surface area contributed by atoms with Gasteiger partial charge in [0.25, 0.3) is 0 Å². The van der Waals surface area contributed by atoms with Gasteiger partial charge in [0.1, 0.15) is 0 Å². The standard InChI is InChI=1S/C31H37.C10H15.C9H18.2ClH.Zr/c1-28(2,3)26-16-30(7,8)24-12-18-11-19-13-25-23(15-21(19)20(18)14-22(24)26)27(29(4,5)6)17-31(25,9)10;1-8-5-6-9(7-8)10(2,3)4;1-3-5-7-9-8-6-4-2;;;/h11-17H,1-10H3;6-8H,1-4H3;3-8H2,1-2H3;2*1H;/q2*-1;;;;+2/p-2. The first-order valence-corrected chi connectivity index (χ1v) is 21.2. The molecule has 0 saturated carbocycles. The van der Waals surface area contributed by atoms with Crippen molar-refractivity contribution in [2.24, 2.45) is 22.2 Å². The molecule has 0 fully saturated rings. The average molecular weight is 833 g/mol. The zero-order chi connectivity index (χ0) is 38.3. The number of fused-ring (bicyclic) bond motifs is 5. The van der Waals surface area contributed by atoms with Crippen LogP contribution >= 0.6 is 0 Å². The normalized spacial score (nSPS) is 18.1. The monoisotopic (exact) mass is 830 g/mol. The fourth-order valence-electron chi connectivity index (χ4n) is 7.85. The van der Waals surface area contributed by atoms with E-state index in [1.165, 1.54) is 99.0 Å². The van der Waals surface area contributed by atoms with E-state index in [0.717, 1.165) is 0 Å². The van der Waals surface area contributed by atoms with Gasteiger partial charge in [-0.1, -0.05) is 144 Å². The van der Waals surface area contributed by atoms with E-state index in [-0.39, 0.29) is 46.5 Å². The Kier molecular flexibility index (Phi) is 16.1. The molecule has 0 nitrogen and oxygen atoms in total. The molecule has 290 valence electrons. The zero-order valence-electron chi connectivity index (χ0n) is 36.3. The summed E-state index contributed by atoms with van der Waals surface area (Å²) in [6.07, 6.45) is 21.0. The first-order chi connectivity index (χ1) is 23.4. The molecule has 0 amide bonds. The van der Waals surface area contributed by atoms with E-state index in [9.17, 15) is 0 Å². The maximum absolute atomic E-state index is 3.26. The van der Waals surface area contributed by atoms with Gasteiger partial charge in [0.2, 0.25) is 0 Å². The number of benzene rings is 2. The summed E-state index contributed by atoms with van der Waals surface area (Å²) in [5.41, 5.74) is 11.0. The third-order valence-electron chi connectivity index (χ3n) is 11.0. The van der Waals surface area contributed by atoms with Gasteiger partial charge >= 0.3 is 79.8 Å². The van der Waals surface area contributed by atoms with E-state index in [2.05, 4.69) is 171 Å². The van der Waals surface area contributed by atoms with Crippen molar-refractivity contribution < 1.29 is 49.0 Å². The van der Waals surface area contributed by atoms with Gasteiger partial charge in [0, 0.05) is 10.8 Å². The Morgan fingerprint density at radius 1 is 0.679 bits per heavy atom. The molecule has 3 aromatic rings. The fourth-order valence-corrected chi connectivity index (χ4v) is 8.72. The Morgan fingerprint density at radius 3 is 1.36 bits per heavy atom. The van der Waals surface area contributed by atoms with E-state index in [4.69, 9.17) is 0 Å². The quantitative estimate of drug-likeness (QED) is 0.218. The largest absolute Gasteiger partial charge is 1.00 e. The second-order valence-electron chi connectivity index (χ2n) is 20.0. The Bertz CT molecular complexity index is 1770. The van der Waals surface area contributed by atoms with Gasteiger partial charge in [-0.2, -0.15) is 11.6 Å². The van der Waals surface area contributed by atoms with Crippen molar-refractivity contribution >= 4 is 35.9 Å². The Hall–Kier alpha value is -1.40. The predicted molar refractivity (Wildman–Crippen MR) is 227 cm³/mol. The van der Waals surface area contributed by atoms with Crippen molar-refractivity contribution in [1.82, 2.24) is 0 Å². The molecule has 0 aromatic heterocycles. The van der Waals surface area contributed by atoms with Crippen LogP contribution in [-0.4, -0.2) is 3.21 Å². The molecule has 0 radical (unpaired) electrons. The molecule has 1 atom stereocenters. The number of hydrogen-bond acceptors (Lipinski definition) is 0. The van der Waals surface area contributed by atoms with Crippen LogP contribution in [0.3, 0.4) is 0 Å². The molecule has 1 unspecified atom stereocenters. The third-order valence-corrected chi connectivity index (χ3v) is 12.3. The van der Waals surface area contributed by atoms with Crippen LogP contribution in [0.1, 0.15) is 172 Å². The Labute approximate surface area is 353 Å². The Balaban J connectivity index is 0.000000366. The maximum Gasteiger partial charge on any atom is -1.00 e. The minimum atomic E-state index is 0. The van der Waals surface area contributed by atoms with Gasteiger partial charge in [0.05, 0.1) is 0 Å². The minimum absolute atomic E-state index is 0. The molecule has 0 bridgehead atoms. The summed E-state index contributed by atoms with van der Waals surface area (Å²) < 4.78 is 1.79. The second kappa shape index (κ2) is 17.8. The van der Waals surface area contributed by atoms with Gasteiger partial charge in [0.15, 0.2) is 0 Å². The molecule has 3 aromatic carbocycles. The number of allylic oxidation sites excluding steroid dienone is 8. The van der Waals surface area contributed by atoms with Gasteiger partial charge in [-0.05, 0) is 33.1 Å². The molecule has 0 heterocycles. The third kappa shape index (κ3) is 11.1. The van der Waals surface area contributed by atoms with Crippen molar-refractivity contribution in [2.75, 3.05) is 0 Å². The smallest absolute Gasteiger partial charge is 1.00 e. The molecule has 53 heavy (non-hydrogen) atoms. The van der Waals surface area contributed by atoms with Crippen molar-refractivity contribution in [1.29, 1.82) is 0 Å². The molecule has 6 rings (SSSR count). The Morgan fingerprint density at radius 2 is 1.08 bits per heavy atom.